The summed E-state index contributed by atoms with van der Waals surface area (Å²) in [6, 6.07) is 58.7. The number of rotatable bonds is 4. The maximum absolute atomic E-state index is 5.69. The van der Waals surface area contributed by atoms with E-state index < -0.39 is 0 Å². The van der Waals surface area contributed by atoms with Crippen molar-refractivity contribution in [2.45, 2.75) is 6.04 Å². The molecular formula is C50H34N6. The number of fused-ring (bicyclic) bond motifs is 12. The number of benzene rings is 5. The average molecular weight is 719 g/mol. The van der Waals surface area contributed by atoms with E-state index in [0.717, 1.165) is 106 Å². The van der Waals surface area contributed by atoms with Crippen molar-refractivity contribution < 1.29 is 0 Å². The van der Waals surface area contributed by atoms with Gasteiger partial charge in [-0.25, -0.2) is 15.0 Å². The van der Waals surface area contributed by atoms with Gasteiger partial charge < -0.3 is 15.3 Å². The molecule has 6 heteroatoms. The molecule has 0 aliphatic carbocycles. The van der Waals surface area contributed by atoms with Crippen LogP contribution in [0.15, 0.2) is 175 Å². The van der Waals surface area contributed by atoms with Crippen LogP contribution >= 0.6 is 0 Å². The van der Waals surface area contributed by atoms with E-state index in [4.69, 9.17) is 15.0 Å². The smallest absolute Gasteiger partial charge is 0.114 e. The summed E-state index contributed by atoms with van der Waals surface area (Å²) in [5.41, 5.74) is 18.3. The van der Waals surface area contributed by atoms with E-state index >= 15 is 0 Å². The van der Waals surface area contributed by atoms with Crippen molar-refractivity contribution in [2.24, 2.45) is 4.99 Å². The summed E-state index contributed by atoms with van der Waals surface area (Å²) in [6.45, 7) is 0. The van der Waals surface area contributed by atoms with Crippen molar-refractivity contribution in [2.75, 3.05) is 5.32 Å². The second-order valence-electron chi connectivity index (χ2n) is 14.2. The third-order valence-electron chi connectivity index (χ3n) is 10.8. The van der Waals surface area contributed by atoms with Crippen molar-refractivity contribution >= 4 is 51.3 Å². The minimum absolute atomic E-state index is 0.312. The standard InChI is InChI=1S/C50H34N6/c1-5-15-31(16-6-1)43-37-25-26-38(51-37)44(32-17-7-2-8-18-32)40-28-30-42(53-40)46(34-21-11-4-12-22-34)48-50-49(54-35-23-13-14-24-36(35)55-50)47(56-48)45(33-19-9-3-10-20-33)41-29-27-39(43)52-41/h1-30,49,52-54H. The molecule has 3 aromatic heterocycles. The zero-order valence-corrected chi connectivity index (χ0v) is 30.2. The summed E-state index contributed by atoms with van der Waals surface area (Å²) >= 11 is 0. The highest BCUT2D eigenvalue weighted by molar-refractivity contribution is 6.16. The maximum atomic E-state index is 5.69. The summed E-state index contributed by atoms with van der Waals surface area (Å²) < 4.78 is 0. The zero-order chi connectivity index (χ0) is 37.0. The SMILES string of the molecule is C1=Cc2nc1c(-c1ccccc1)c1ccc([nH]1)c(-c1ccccc1)c1nc(c(-c3ccccc3)c3ccc([nH]3)c2-c2ccccc2)C2Nc3ccccc3N=C12. The van der Waals surface area contributed by atoms with Gasteiger partial charge in [-0.3, -0.25) is 0 Å². The van der Waals surface area contributed by atoms with Crippen LogP contribution in [0.25, 0.3) is 78.7 Å². The van der Waals surface area contributed by atoms with Gasteiger partial charge in [0.05, 0.1) is 39.9 Å². The second kappa shape index (κ2) is 13.1. The Labute approximate surface area is 323 Å². The number of aliphatic imine (C=N–C) groups is 1. The van der Waals surface area contributed by atoms with Gasteiger partial charge in [-0.05, 0) is 70.8 Å². The number of nitrogens with one attached hydrogen (secondary N) is 3. The number of nitrogens with zero attached hydrogens (tertiary/aromatic N) is 3. The van der Waals surface area contributed by atoms with Gasteiger partial charge in [0.25, 0.3) is 0 Å². The highest BCUT2D eigenvalue weighted by Crippen LogP contribution is 2.45. The van der Waals surface area contributed by atoms with Crippen LogP contribution in [0, 0.1) is 0 Å². The molecule has 264 valence electrons. The summed E-state index contributed by atoms with van der Waals surface area (Å²) in [7, 11) is 0. The highest BCUT2D eigenvalue weighted by Gasteiger charge is 2.36. The van der Waals surface area contributed by atoms with E-state index in [-0.39, 0.29) is 6.04 Å². The van der Waals surface area contributed by atoms with Crippen molar-refractivity contribution in [1.29, 1.82) is 0 Å². The van der Waals surface area contributed by atoms with E-state index in [9.17, 15) is 0 Å². The second-order valence-corrected chi connectivity index (χ2v) is 14.2. The van der Waals surface area contributed by atoms with Crippen molar-refractivity contribution in [3.63, 3.8) is 0 Å². The number of hydrogen-bond acceptors (Lipinski definition) is 4. The first-order chi connectivity index (χ1) is 27.8. The van der Waals surface area contributed by atoms with Crippen LogP contribution in [0.1, 0.15) is 28.8 Å². The number of aromatic amines is 2. The molecule has 11 rings (SSSR count). The molecule has 0 radical (unpaired) electrons. The first-order valence-electron chi connectivity index (χ1n) is 18.9. The van der Waals surface area contributed by atoms with Gasteiger partial charge >= 0.3 is 0 Å². The third kappa shape index (κ3) is 5.30. The molecule has 8 bridgehead atoms. The summed E-state index contributed by atoms with van der Waals surface area (Å²) in [5, 5.41) is 3.88. The van der Waals surface area contributed by atoms with Gasteiger partial charge in [-0.15, -0.1) is 0 Å². The number of para-hydroxylation sites is 2. The maximum Gasteiger partial charge on any atom is 0.114 e. The molecule has 0 amide bonds. The van der Waals surface area contributed by atoms with Crippen molar-refractivity contribution in [3.8, 4) is 44.5 Å². The normalized spacial score (nSPS) is 14.1. The van der Waals surface area contributed by atoms with E-state index in [1.807, 2.05) is 6.07 Å². The Kier molecular flexibility index (Phi) is 7.45. The molecule has 56 heavy (non-hydrogen) atoms. The number of anilines is 1. The molecule has 1 unspecified atom stereocenters. The Morgan fingerprint density at radius 3 is 1.36 bits per heavy atom. The lowest BCUT2D eigenvalue weighted by molar-refractivity contribution is 1.01. The summed E-state index contributed by atoms with van der Waals surface area (Å²) in [4.78, 5) is 24.3. The Hall–Kier alpha value is -7.57. The molecule has 6 heterocycles. The van der Waals surface area contributed by atoms with Crippen LogP contribution in [0.5, 0.6) is 0 Å². The lowest BCUT2D eigenvalue weighted by Crippen LogP contribution is -2.21. The molecule has 3 aliphatic heterocycles. The van der Waals surface area contributed by atoms with E-state index in [2.05, 4.69) is 191 Å². The Morgan fingerprint density at radius 2 is 0.821 bits per heavy atom. The van der Waals surface area contributed by atoms with Crippen LogP contribution in [-0.4, -0.2) is 25.6 Å². The molecule has 8 aromatic rings. The molecule has 0 spiro atoms. The van der Waals surface area contributed by atoms with Gasteiger partial charge in [0.2, 0.25) is 0 Å². The first kappa shape index (κ1) is 31.9. The fourth-order valence-electron chi connectivity index (χ4n) is 8.30. The minimum atomic E-state index is -0.312. The monoisotopic (exact) mass is 718 g/mol. The molecule has 6 nitrogen and oxygen atoms in total. The Balaban J connectivity index is 1.36. The van der Waals surface area contributed by atoms with E-state index in [1.54, 1.807) is 0 Å². The molecule has 0 saturated heterocycles. The molecular weight excluding hydrogens is 685 g/mol. The lowest BCUT2D eigenvalue weighted by atomic mass is 9.95. The Bertz CT molecular complexity index is 3030. The topological polar surface area (TPSA) is 81.8 Å². The first-order valence-corrected chi connectivity index (χ1v) is 18.9. The minimum Gasteiger partial charge on any atom is -0.370 e. The number of hydrogen-bond donors (Lipinski definition) is 3. The number of aromatic nitrogens is 4. The van der Waals surface area contributed by atoms with Crippen LogP contribution in [0.3, 0.4) is 0 Å². The quantitative estimate of drug-likeness (QED) is 0.169. The molecule has 3 aliphatic rings. The van der Waals surface area contributed by atoms with Crippen molar-refractivity contribution in [1.82, 2.24) is 19.9 Å². The molecule has 3 N–H and O–H groups in total. The molecule has 5 aromatic carbocycles. The zero-order valence-electron chi connectivity index (χ0n) is 30.2. The van der Waals surface area contributed by atoms with Gasteiger partial charge in [-0.2, -0.15) is 0 Å². The fourth-order valence-corrected chi connectivity index (χ4v) is 8.30. The van der Waals surface area contributed by atoms with Crippen molar-refractivity contribution in [3.05, 3.63) is 193 Å². The third-order valence-corrected chi connectivity index (χ3v) is 10.8. The largest absolute Gasteiger partial charge is 0.370 e. The molecule has 0 saturated carbocycles. The fraction of sp³-hybridized carbons (Fsp3) is 0.0200. The molecule has 0 fully saturated rings. The highest BCUT2D eigenvalue weighted by atomic mass is 15.1. The predicted octanol–water partition coefficient (Wildman–Crippen LogP) is 12.4. The average Bonchev–Trinajstić information content (AvgIpc) is 4.09. The van der Waals surface area contributed by atoms with Crippen LogP contribution in [0.4, 0.5) is 11.4 Å². The molecule has 1 atom stereocenters. The van der Waals surface area contributed by atoms with Gasteiger partial charge in [0.15, 0.2) is 0 Å². The summed E-state index contributed by atoms with van der Waals surface area (Å²) in [6.07, 6.45) is 4.28. The van der Waals surface area contributed by atoms with Crippen LogP contribution in [-0.2, 0) is 0 Å². The van der Waals surface area contributed by atoms with Crippen LogP contribution < -0.4 is 5.32 Å². The van der Waals surface area contributed by atoms with E-state index in [0.29, 0.717) is 0 Å². The summed E-state index contributed by atoms with van der Waals surface area (Å²) in [5.74, 6) is 0. The Morgan fingerprint density at radius 1 is 0.393 bits per heavy atom. The van der Waals surface area contributed by atoms with Gasteiger partial charge in [-0.1, -0.05) is 133 Å². The lowest BCUT2D eigenvalue weighted by Gasteiger charge is -2.23. The van der Waals surface area contributed by atoms with E-state index in [1.165, 1.54) is 0 Å². The van der Waals surface area contributed by atoms with Gasteiger partial charge in [0.1, 0.15) is 6.04 Å². The predicted molar refractivity (Wildman–Crippen MR) is 231 cm³/mol. The van der Waals surface area contributed by atoms with Gasteiger partial charge in [0, 0.05) is 44.3 Å². The van der Waals surface area contributed by atoms with Crippen LogP contribution in [0.2, 0.25) is 0 Å². The number of H-pyrrole nitrogens is 2.